The van der Waals surface area contributed by atoms with Crippen molar-refractivity contribution in [2.24, 2.45) is 0 Å². The summed E-state index contributed by atoms with van der Waals surface area (Å²) < 4.78 is 5.43. The van der Waals surface area contributed by atoms with Crippen LogP contribution in [-0.2, 0) is 14.3 Å². The molecule has 0 radical (unpaired) electrons. The van der Waals surface area contributed by atoms with Crippen LogP contribution in [0.5, 0.6) is 0 Å². The summed E-state index contributed by atoms with van der Waals surface area (Å²) in [5.41, 5.74) is 0. The molecule has 2 unspecified atom stereocenters. The van der Waals surface area contributed by atoms with Gasteiger partial charge in [-0.1, -0.05) is 190 Å². The number of carbonyl (C=O) groups excluding carboxylic acids is 2. The molecule has 6 heteroatoms. The van der Waals surface area contributed by atoms with Gasteiger partial charge in [-0.25, -0.2) is 0 Å². The fourth-order valence-electron chi connectivity index (χ4n) is 6.60. The molecule has 56 heavy (non-hydrogen) atoms. The van der Waals surface area contributed by atoms with Crippen LogP contribution < -0.4 is 5.32 Å². The van der Waals surface area contributed by atoms with E-state index in [9.17, 15) is 19.8 Å². The Bertz CT molecular complexity index is 999. The lowest BCUT2D eigenvalue weighted by Crippen LogP contribution is -2.45. The molecule has 0 aliphatic rings. The molecule has 0 saturated carbocycles. The number of aliphatic hydroxyl groups is 2. The van der Waals surface area contributed by atoms with Gasteiger partial charge in [0, 0.05) is 12.8 Å². The Labute approximate surface area is 346 Å². The van der Waals surface area contributed by atoms with E-state index in [-0.39, 0.29) is 18.5 Å². The third-order valence-corrected chi connectivity index (χ3v) is 10.2. The van der Waals surface area contributed by atoms with Gasteiger partial charge in [0.1, 0.15) is 0 Å². The molecule has 0 aromatic carbocycles. The third kappa shape index (κ3) is 41.2. The molecule has 0 spiro atoms. The van der Waals surface area contributed by atoms with Crippen molar-refractivity contribution in [1.29, 1.82) is 0 Å². The van der Waals surface area contributed by atoms with Crippen LogP contribution in [0.15, 0.2) is 60.8 Å². The summed E-state index contributed by atoms with van der Waals surface area (Å²) in [6.45, 7) is 4.74. The molecule has 324 valence electrons. The van der Waals surface area contributed by atoms with E-state index in [0.29, 0.717) is 25.9 Å². The molecule has 0 bridgehead atoms. The predicted molar refractivity (Wildman–Crippen MR) is 241 cm³/mol. The van der Waals surface area contributed by atoms with Crippen molar-refractivity contribution in [2.75, 3.05) is 13.2 Å². The highest BCUT2D eigenvalue weighted by atomic mass is 16.5. The number of esters is 1. The molecule has 0 aromatic heterocycles. The number of ether oxygens (including phenoxy) is 1. The Kier molecular flexibility index (Phi) is 43.3. The number of hydrogen-bond acceptors (Lipinski definition) is 5. The van der Waals surface area contributed by atoms with Gasteiger partial charge >= 0.3 is 5.97 Å². The van der Waals surface area contributed by atoms with E-state index < -0.39 is 12.1 Å². The molecule has 6 nitrogen and oxygen atoms in total. The second kappa shape index (κ2) is 45.3. The highest BCUT2D eigenvalue weighted by molar-refractivity contribution is 5.76. The number of aliphatic hydroxyl groups excluding tert-OH is 2. The lowest BCUT2D eigenvalue weighted by molar-refractivity contribution is -0.143. The van der Waals surface area contributed by atoms with Gasteiger partial charge in [0.25, 0.3) is 0 Å². The maximum atomic E-state index is 12.3. The number of unbranched alkanes of at least 4 members (excludes halogenated alkanes) is 23. The van der Waals surface area contributed by atoms with Gasteiger partial charge in [-0.05, 0) is 77.0 Å². The number of hydrogen-bond donors (Lipinski definition) is 3. The van der Waals surface area contributed by atoms with E-state index in [1.807, 2.05) is 12.2 Å². The number of carbonyl (C=O) groups is 2. The first-order chi connectivity index (χ1) is 27.5. The molecule has 0 saturated heterocycles. The van der Waals surface area contributed by atoms with Crippen LogP contribution in [0.2, 0.25) is 0 Å². The SMILES string of the molecule is CCC/C=C\C/C=C\CCCCCCCC(=O)OCCCCCCCC/C=C\C/C=C\CCC(=O)NC(CO)C(O)/C=C/CCCCCCCCCCCCC. The van der Waals surface area contributed by atoms with Crippen LogP contribution >= 0.6 is 0 Å². The van der Waals surface area contributed by atoms with Crippen molar-refractivity contribution in [2.45, 2.75) is 231 Å². The van der Waals surface area contributed by atoms with Crippen molar-refractivity contribution in [3.8, 4) is 0 Å². The maximum absolute atomic E-state index is 12.3. The number of amides is 1. The minimum Gasteiger partial charge on any atom is -0.466 e. The van der Waals surface area contributed by atoms with Crippen LogP contribution in [0.25, 0.3) is 0 Å². The first kappa shape index (κ1) is 53.6. The van der Waals surface area contributed by atoms with Gasteiger partial charge in [-0.15, -0.1) is 0 Å². The zero-order valence-corrected chi connectivity index (χ0v) is 36.6. The summed E-state index contributed by atoms with van der Waals surface area (Å²) in [5, 5.41) is 22.9. The second-order valence-corrected chi connectivity index (χ2v) is 15.7. The van der Waals surface area contributed by atoms with E-state index in [2.05, 4.69) is 61.7 Å². The summed E-state index contributed by atoms with van der Waals surface area (Å²) in [6, 6.07) is -0.672. The molecular formula is C50H89NO5. The Morgan fingerprint density at radius 2 is 0.946 bits per heavy atom. The molecule has 0 aliphatic carbocycles. The fourth-order valence-corrected chi connectivity index (χ4v) is 6.60. The average molecular weight is 784 g/mol. The normalized spacial score (nSPS) is 13.3. The highest BCUT2D eigenvalue weighted by Crippen LogP contribution is 2.13. The summed E-state index contributed by atoms with van der Waals surface area (Å²) in [6.07, 6.45) is 56.5. The minimum atomic E-state index is -0.880. The molecule has 0 aromatic rings. The predicted octanol–water partition coefficient (Wildman–Crippen LogP) is 13.7. The summed E-state index contributed by atoms with van der Waals surface area (Å²) in [4.78, 5) is 24.3. The van der Waals surface area contributed by atoms with Crippen molar-refractivity contribution in [3.63, 3.8) is 0 Å². The Morgan fingerprint density at radius 3 is 1.46 bits per heavy atom. The van der Waals surface area contributed by atoms with Crippen LogP contribution in [0, 0.1) is 0 Å². The van der Waals surface area contributed by atoms with E-state index in [1.165, 1.54) is 122 Å². The molecular weight excluding hydrogens is 695 g/mol. The molecule has 2 atom stereocenters. The molecule has 0 aliphatic heterocycles. The first-order valence-electron chi connectivity index (χ1n) is 23.6. The van der Waals surface area contributed by atoms with Gasteiger partial charge in [0.15, 0.2) is 0 Å². The molecule has 1 amide bonds. The fraction of sp³-hybridized carbons (Fsp3) is 0.760. The number of allylic oxidation sites excluding steroid dienone is 9. The highest BCUT2D eigenvalue weighted by Gasteiger charge is 2.17. The van der Waals surface area contributed by atoms with Gasteiger partial charge < -0.3 is 20.3 Å². The molecule has 3 N–H and O–H groups in total. The summed E-state index contributed by atoms with van der Waals surface area (Å²) >= 11 is 0. The van der Waals surface area contributed by atoms with Crippen LogP contribution in [0.3, 0.4) is 0 Å². The zero-order valence-electron chi connectivity index (χ0n) is 36.6. The average Bonchev–Trinajstić information content (AvgIpc) is 3.20. The third-order valence-electron chi connectivity index (χ3n) is 10.2. The van der Waals surface area contributed by atoms with E-state index in [0.717, 1.165) is 64.2 Å². The van der Waals surface area contributed by atoms with Gasteiger partial charge in [0.05, 0.1) is 25.4 Å². The van der Waals surface area contributed by atoms with Crippen LogP contribution in [0.1, 0.15) is 219 Å². The quantitative estimate of drug-likeness (QED) is 0.0325. The molecule has 0 heterocycles. The summed E-state index contributed by atoms with van der Waals surface area (Å²) in [7, 11) is 0. The van der Waals surface area contributed by atoms with Gasteiger partial charge in [0.2, 0.25) is 5.91 Å². The Morgan fingerprint density at radius 1 is 0.500 bits per heavy atom. The first-order valence-corrected chi connectivity index (χ1v) is 23.6. The number of rotatable bonds is 42. The van der Waals surface area contributed by atoms with E-state index in [1.54, 1.807) is 6.08 Å². The van der Waals surface area contributed by atoms with Crippen molar-refractivity contribution < 1.29 is 24.5 Å². The van der Waals surface area contributed by atoms with Crippen molar-refractivity contribution >= 4 is 11.9 Å². The minimum absolute atomic E-state index is 0.0354. The topological polar surface area (TPSA) is 95.9 Å². The van der Waals surface area contributed by atoms with Crippen LogP contribution in [0.4, 0.5) is 0 Å². The lowest BCUT2D eigenvalue weighted by atomic mass is 10.0. The maximum Gasteiger partial charge on any atom is 0.305 e. The van der Waals surface area contributed by atoms with E-state index in [4.69, 9.17) is 4.74 Å². The van der Waals surface area contributed by atoms with Crippen molar-refractivity contribution in [3.05, 3.63) is 60.8 Å². The lowest BCUT2D eigenvalue weighted by Gasteiger charge is -2.19. The van der Waals surface area contributed by atoms with Crippen molar-refractivity contribution in [1.82, 2.24) is 5.32 Å². The Balaban J connectivity index is 3.62. The van der Waals surface area contributed by atoms with Gasteiger partial charge in [-0.3, -0.25) is 9.59 Å². The monoisotopic (exact) mass is 784 g/mol. The van der Waals surface area contributed by atoms with Gasteiger partial charge in [-0.2, -0.15) is 0 Å². The van der Waals surface area contributed by atoms with Crippen LogP contribution in [-0.4, -0.2) is 47.4 Å². The molecule has 0 fully saturated rings. The standard InChI is InChI=1S/C50H89NO5/c1-3-5-7-9-11-13-15-18-22-26-30-34-38-42-48(53)47(46-52)51-49(54)43-39-35-31-27-23-20-17-21-25-29-33-37-41-45-56-50(55)44-40-36-32-28-24-19-16-14-12-10-8-6-4-2/h8,10,14,16,20,23,31,35,38,42,47-48,52-53H,3-7,9,11-13,15,17-19,21-22,24-30,32-34,36-37,39-41,43-46H2,1-2H3,(H,51,54)/b10-8-,16-14-,23-20-,35-31-,42-38+. The smallest absolute Gasteiger partial charge is 0.305 e. The number of nitrogens with one attached hydrogen (secondary N) is 1. The van der Waals surface area contributed by atoms with E-state index >= 15 is 0 Å². The summed E-state index contributed by atoms with van der Waals surface area (Å²) in [5.74, 6) is -0.188. The largest absolute Gasteiger partial charge is 0.466 e. The second-order valence-electron chi connectivity index (χ2n) is 15.7. The zero-order chi connectivity index (χ0) is 40.8. The Hall–Kier alpha value is -2.44. The molecule has 0 rings (SSSR count).